The van der Waals surface area contributed by atoms with Gasteiger partial charge in [0.1, 0.15) is 0 Å². The summed E-state index contributed by atoms with van der Waals surface area (Å²) >= 11 is 0. The summed E-state index contributed by atoms with van der Waals surface area (Å²) in [6.45, 7) is 1.89. The van der Waals surface area contributed by atoms with E-state index >= 15 is 0 Å². The maximum atomic E-state index is 13.3. The summed E-state index contributed by atoms with van der Waals surface area (Å²) in [7, 11) is -1.88. The van der Waals surface area contributed by atoms with Crippen LogP contribution in [0.1, 0.15) is 37.0 Å². The first kappa shape index (κ1) is 22.4. The summed E-state index contributed by atoms with van der Waals surface area (Å²) in [5.41, 5.74) is 0.333. The first-order valence-corrected chi connectivity index (χ1v) is 10.7. The van der Waals surface area contributed by atoms with Gasteiger partial charge in [-0.2, -0.15) is 4.31 Å². The summed E-state index contributed by atoms with van der Waals surface area (Å²) in [6.07, 6.45) is 0. The number of methoxy groups -OCH3 is 2. The van der Waals surface area contributed by atoms with E-state index in [1.165, 1.54) is 23.1 Å². The van der Waals surface area contributed by atoms with E-state index in [9.17, 15) is 22.8 Å². The number of esters is 2. The minimum Gasteiger partial charge on any atom is -0.465 e. The summed E-state index contributed by atoms with van der Waals surface area (Å²) in [4.78, 5) is 37.6. The van der Waals surface area contributed by atoms with Crippen LogP contribution in [0.25, 0.3) is 0 Å². The minimum absolute atomic E-state index is 0.00967. The van der Waals surface area contributed by atoms with Crippen molar-refractivity contribution in [2.75, 3.05) is 40.4 Å². The summed E-state index contributed by atoms with van der Waals surface area (Å²) in [6, 6.07) is 5.08. The molecule has 0 radical (unpaired) electrons. The van der Waals surface area contributed by atoms with E-state index < -0.39 is 22.0 Å². The highest BCUT2D eigenvalue weighted by molar-refractivity contribution is 7.89. The fraction of sp³-hybridized carbons (Fsp3) is 0.368. The van der Waals surface area contributed by atoms with E-state index in [4.69, 9.17) is 4.52 Å². The maximum absolute atomic E-state index is 13.3. The van der Waals surface area contributed by atoms with Gasteiger partial charge in [0.2, 0.25) is 15.8 Å². The molecule has 3 rings (SSSR count). The molecule has 2 heterocycles. The summed E-state index contributed by atoms with van der Waals surface area (Å²) < 4.78 is 42.0. The van der Waals surface area contributed by atoms with Crippen molar-refractivity contribution >= 4 is 27.9 Å². The third-order valence-electron chi connectivity index (χ3n) is 4.79. The molecule has 0 N–H and O–H groups in total. The molecule has 12 heteroatoms. The second-order valence-electron chi connectivity index (χ2n) is 6.72. The van der Waals surface area contributed by atoms with Crippen molar-refractivity contribution in [3.63, 3.8) is 0 Å². The molecule has 166 valence electrons. The average molecular weight is 451 g/mol. The second-order valence-corrected chi connectivity index (χ2v) is 8.63. The van der Waals surface area contributed by atoms with Gasteiger partial charge in [-0.1, -0.05) is 5.16 Å². The van der Waals surface area contributed by atoms with Crippen molar-refractivity contribution in [2.24, 2.45) is 0 Å². The van der Waals surface area contributed by atoms with Gasteiger partial charge in [0.15, 0.2) is 0 Å². The lowest BCUT2D eigenvalue weighted by molar-refractivity contribution is 0.0582. The van der Waals surface area contributed by atoms with E-state index in [2.05, 4.69) is 14.6 Å². The van der Waals surface area contributed by atoms with Crippen LogP contribution in [0.4, 0.5) is 0 Å². The molecule has 2 aromatic rings. The highest BCUT2D eigenvalue weighted by Gasteiger charge is 2.34. The second kappa shape index (κ2) is 8.86. The van der Waals surface area contributed by atoms with Crippen molar-refractivity contribution in [1.82, 2.24) is 14.4 Å². The molecule has 0 atom stereocenters. The quantitative estimate of drug-likeness (QED) is 0.602. The summed E-state index contributed by atoms with van der Waals surface area (Å²) in [5, 5.41) is 3.68. The number of nitrogens with zero attached hydrogens (tertiary/aromatic N) is 3. The monoisotopic (exact) mass is 451 g/mol. The van der Waals surface area contributed by atoms with Crippen molar-refractivity contribution in [3.8, 4) is 0 Å². The van der Waals surface area contributed by atoms with E-state index in [1.807, 2.05) is 0 Å². The molecule has 11 nitrogen and oxygen atoms in total. The van der Waals surface area contributed by atoms with E-state index in [0.29, 0.717) is 5.69 Å². The molecule has 0 saturated carbocycles. The fourth-order valence-electron chi connectivity index (χ4n) is 3.15. The SMILES string of the molecule is COC(=O)c1ccc(C(=O)OC)c(S(=O)(=O)N2CCN(C(=O)c3cc(C)no3)CC2)c1. The number of sulfonamides is 1. The molecular formula is C19H21N3O8S. The molecule has 1 aliphatic heterocycles. The molecule has 0 bridgehead atoms. The lowest BCUT2D eigenvalue weighted by Gasteiger charge is -2.33. The number of benzene rings is 1. The topological polar surface area (TPSA) is 136 Å². The van der Waals surface area contributed by atoms with Crippen molar-refractivity contribution in [1.29, 1.82) is 0 Å². The third kappa shape index (κ3) is 4.44. The number of ether oxygens (including phenoxy) is 2. The van der Waals surface area contributed by atoms with Gasteiger partial charge in [-0.25, -0.2) is 18.0 Å². The minimum atomic E-state index is -4.17. The predicted octanol–water partition coefficient (Wildman–Crippen LogP) is 0.703. The molecule has 1 aromatic heterocycles. The molecule has 0 aliphatic carbocycles. The number of hydrogen-bond acceptors (Lipinski definition) is 9. The molecule has 1 aromatic carbocycles. The number of piperazine rings is 1. The number of hydrogen-bond donors (Lipinski definition) is 0. The molecule has 0 spiro atoms. The first-order chi connectivity index (χ1) is 14.7. The Morgan fingerprint density at radius 1 is 1.00 bits per heavy atom. The molecular weight excluding hydrogens is 430 g/mol. The molecule has 1 aliphatic rings. The molecule has 0 unspecified atom stereocenters. The average Bonchev–Trinajstić information content (AvgIpc) is 3.23. The Kier molecular flexibility index (Phi) is 6.41. The van der Waals surface area contributed by atoms with Gasteiger partial charge in [0, 0.05) is 32.2 Å². The van der Waals surface area contributed by atoms with Gasteiger partial charge in [0.25, 0.3) is 5.91 Å². The van der Waals surface area contributed by atoms with Gasteiger partial charge < -0.3 is 18.9 Å². The number of aryl methyl sites for hydroxylation is 1. The number of carbonyl (C=O) groups is 3. The van der Waals surface area contributed by atoms with Gasteiger partial charge in [-0.15, -0.1) is 0 Å². The van der Waals surface area contributed by atoms with Gasteiger partial charge in [0.05, 0.1) is 35.9 Å². The maximum Gasteiger partial charge on any atom is 0.339 e. The Hall–Kier alpha value is -3.25. The Bertz CT molecular complexity index is 1120. The van der Waals surface area contributed by atoms with E-state index in [0.717, 1.165) is 24.6 Å². The van der Waals surface area contributed by atoms with Gasteiger partial charge >= 0.3 is 11.9 Å². The van der Waals surface area contributed by atoms with Crippen LogP contribution >= 0.6 is 0 Å². The van der Waals surface area contributed by atoms with E-state index in [-0.39, 0.29) is 53.9 Å². The lowest BCUT2D eigenvalue weighted by Crippen LogP contribution is -2.50. The van der Waals surface area contributed by atoms with Crippen LogP contribution in [-0.2, 0) is 19.5 Å². The van der Waals surface area contributed by atoms with Crippen molar-refractivity contribution in [3.05, 3.63) is 46.8 Å². The largest absolute Gasteiger partial charge is 0.465 e. The van der Waals surface area contributed by atoms with Gasteiger partial charge in [-0.05, 0) is 25.1 Å². The van der Waals surface area contributed by atoms with Crippen molar-refractivity contribution in [2.45, 2.75) is 11.8 Å². The van der Waals surface area contributed by atoms with Crippen LogP contribution in [0.2, 0.25) is 0 Å². The smallest absolute Gasteiger partial charge is 0.339 e. The van der Waals surface area contributed by atoms with Crippen LogP contribution < -0.4 is 0 Å². The molecule has 1 saturated heterocycles. The van der Waals surface area contributed by atoms with Crippen LogP contribution in [0.3, 0.4) is 0 Å². The van der Waals surface area contributed by atoms with Crippen LogP contribution in [0.15, 0.2) is 33.7 Å². The fourth-order valence-corrected chi connectivity index (χ4v) is 4.78. The van der Waals surface area contributed by atoms with Crippen LogP contribution in [0.5, 0.6) is 0 Å². The molecule has 1 fully saturated rings. The zero-order valence-electron chi connectivity index (χ0n) is 17.2. The standard InChI is InChI=1S/C19H21N3O8S/c1-12-10-15(30-20-12)17(23)21-6-8-22(9-7-21)31(26,27)16-11-13(18(24)28-2)4-5-14(16)19(25)29-3/h4-5,10-11H,6-9H2,1-3H3. The Balaban J connectivity index is 1.85. The van der Waals surface area contributed by atoms with Gasteiger partial charge in [-0.3, -0.25) is 4.79 Å². The molecule has 1 amide bonds. The molecule has 31 heavy (non-hydrogen) atoms. The Labute approximate surface area is 178 Å². The lowest BCUT2D eigenvalue weighted by atomic mass is 10.1. The Morgan fingerprint density at radius 2 is 1.65 bits per heavy atom. The summed E-state index contributed by atoms with van der Waals surface area (Å²) in [5.74, 6) is -1.91. The zero-order valence-corrected chi connectivity index (χ0v) is 18.0. The van der Waals surface area contributed by atoms with Crippen molar-refractivity contribution < 1.29 is 36.8 Å². The number of rotatable bonds is 5. The predicted molar refractivity (Wildman–Crippen MR) is 105 cm³/mol. The number of carbonyl (C=O) groups excluding carboxylic acids is 3. The number of aromatic nitrogens is 1. The van der Waals surface area contributed by atoms with Crippen LogP contribution in [-0.4, -0.2) is 81.0 Å². The Morgan fingerprint density at radius 3 is 2.19 bits per heavy atom. The van der Waals surface area contributed by atoms with Crippen LogP contribution in [0, 0.1) is 6.92 Å². The number of amides is 1. The normalized spacial score (nSPS) is 14.9. The highest BCUT2D eigenvalue weighted by Crippen LogP contribution is 2.25. The first-order valence-electron chi connectivity index (χ1n) is 9.22. The zero-order chi connectivity index (χ0) is 22.8. The third-order valence-corrected chi connectivity index (χ3v) is 6.73. The highest BCUT2D eigenvalue weighted by atomic mass is 32.2. The van der Waals surface area contributed by atoms with E-state index in [1.54, 1.807) is 6.92 Å².